The molecule has 0 spiro atoms. The number of ketones is 1. The standard InChI is InChI=1S/C16H17NO2/c1-14(18)7-5-3-4-6-12-17-13-15-8-10-16(19-2)11-9-15/h3-13H,1-2H3. The first kappa shape index (κ1) is 14.6. The van der Waals surface area contributed by atoms with Crippen molar-refractivity contribution in [2.45, 2.75) is 6.92 Å². The van der Waals surface area contributed by atoms with Gasteiger partial charge in [0.15, 0.2) is 5.78 Å². The van der Waals surface area contributed by atoms with Crippen LogP contribution < -0.4 is 4.74 Å². The first-order chi connectivity index (χ1) is 9.22. The predicted octanol–water partition coefficient (Wildman–Crippen LogP) is 3.33. The van der Waals surface area contributed by atoms with E-state index in [2.05, 4.69) is 4.99 Å². The second-order valence-corrected chi connectivity index (χ2v) is 3.75. The highest BCUT2D eigenvalue weighted by molar-refractivity contribution is 5.87. The minimum absolute atomic E-state index is 0.0335. The molecule has 0 N–H and O–H groups in total. The quantitative estimate of drug-likeness (QED) is 0.444. The van der Waals surface area contributed by atoms with Crippen molar-refractivity contribution in [3.63, 3.8) is 0 Å². The number of aliphatic imine (C=N–C) groups is 1. The maximum atomic E-state index is 10.6. The monoisotopic (exact) mass is 255 g/mol. The molecule has 0 atom stereocenters. The Bertz CT molecular complexity index is 508. The van der Waals surface area contributed by atoms with Gasteiger partial charge in [0.2, 0.25) is 0 Å². The molecule has 1 aromatic rings. The van der Waals surface area contributed by atoms with Gasteiger partial charge in [0, 0.05) is 12.4 Å². The van der Waals surface area contributed by atoms with Crippen molar-refractivity contribution >= 4 is 12.0 Å². The molecule has 3 nitrogen and oxygen atoms in total. The van der Waals surface area contributed by atoms with Gasteiger partial charge < -0.3 is 4.74 Å². The lowest BCUT2D eigenvalue weighted by Crippen LogP contribution is -1.83. The van der Waals surface area contributed by atoms with Gasteiger partial charge in [0.1, 0.15) is 5.75 Å². The van der Waals surface area contributed by atoms with Crippen molar-refractivity contribution in [1.82, 2.24) is 0 Å². The van der Waals surface area contributed by atoms with E-state index < -0.39 is 0 Å². The molecule has 0 aromatic heterocycles. The molecule has 98 valence electrons. The van der Waals surface area contributed by atoms with E-state index in [-0.39, 0.29) is 5.78 Å². The molecule has 0 heterocycles. The lowest BCUT2D eigenvalue weighted by atomic mass is 10.2. The second-order valence-electron chi connectivity index (χ2n) is 3.75. The fourth-order valence-corrected chi connectivity index (χ4v) is 1.24. The number of hydrogen-bond donors (Lipinski definition) is 0. The van der Waals surface area contributed by atoms with E-state index in [1.54, 1.807) is 37.8 Å². The Morgan fingerprint density at radius 2 is 1.79 bits per heavy atom. The van der Waals surface area contributed by atoms with Gasteiger partial charge >= 0.3 is 0 Å². The second kappa shape index (κ2) is 8.64. The Labute approximate surface area is 113 Å². The zero-order valence-electron chi connectivity index (χ0n) is 11.1. The first-order valence-electron chi connectivity index (χ1n) is 5.90. The maximum absolute atomic E-state index is 10.6. The van der Waals surface area contributed by atoms with Crippen molar-refractivity contribution < 1.29 is 9.53 Å². The molecule has 3 heteroatoms. The zero-order chi connectivity index (χ0) is 13.9. The van der Waals surface area contributed by atoms with Gasteiger partial charge in [-0.25, -0.2) is 0 Å². The first-order valence-corrected chi connectivity index (χ1v) is 5.90. The third-order valence-electron chi connectivity index (χ3n) is 2.18. The average Bonchev–Trinajstić information content (AvgIpc) is 2.42. The number of nitrogens with zero attached hydrogens (tertiary/aromatic N) is 1. The van der Waals surface area contributed by atoms with Crippen LogP contribution in [-0.2, 0) is 4.79 Å². The van der Waals surface area contributed by atoms with Crippen LogP contribution in [0.4, 0.5) is 0 Å². The van der Waals surface area contributed by atoms with E-state index in [0.29, 0.717) is 0 Å². The molecule has 19 heavy (non-hydrogen) atoms. The third kappa shape index (κ3) is 6.78. The van der Waals surface area contributed by atoms with Crippen molar-refractivity contribution in [2.75, 3.05) is 7.11 Å². The molecule has 0 aliphatic rings. The molecule has 0 aliphatic carbocycles. The van der Waals surface area contributed by atoms with Crippen LogP contribution in [0.2, 0.25) is 0 Å². The minimum Gasteiger partial charge on any atom is -0.497 e. The SMILES string of the molecule is COc1ccc(C=NC=CC=CC=CC(C)=O)cc1. The largest absolute Gasteiger partial charge is 0.497 e. The van der Waals surface area contributed by atoms with Gasteiger partial charge in [0.25, 0.3) is 0 Å². The highest BCUT2D eigenvalue weighted by Gasteiger charge is 1.89. The van der Waals surface area contributed by atoms with Gasteiger partial charge in [-0.05, 0) is 48.9 Å². The molecule has 0 aliphatic heterocycles. The number of rotatable bonds is 6. The molecule has 0 saturated heterocycles. The summed E-state index contributed by atoms with van der Waals surface area (Å²) in [5.74, 6) is 0.860. The number of ether oxygens (including phenoxy) is 1. The number of benzene rings is 1. The van der Waals surface area contributed by atoms with Crippen LogP contribution in [0.3, 0.4) is 0 Å². The van der Waals surface area contributed by atoms with E-state index in [0.717, 1.165) is 11.3 Å². The van der Waals surface area contributed by atoms with Crippen LogP contribution in [-0.4, -0.2) is 19.1 Å². The molecular formula is C16H17NO2. The minimum atomic E-state index is 0.0335. The number of carbonyl (C=O) groups is 1. The van der Waals surface area contributed by atoms with Crippen LogP contribution in [0, 0.1) is 0 Å². The Kier molecular flexibility index (Phi) is 6.66. The number of hydrogen-bond acceptors (Lipinski definition) is 3. The molecule has 0 radical (unpaired) electrons. The van der Waals surface area contributed by atoms with E-state index >= 15 is 0 Å². The maximum Gasteiger partial charge on any atom is 0.152 e. The summed E-state index contributed by atoms with van der Waals surface area (Å²) in [4.78, 5) is 14.8. The summed E-state index contributed by atoms with van der Waals surface area (Å²) in [6.07, 6.45) is 12.0. The van der Waals surface area contributed by atoms with Gasteiger partial charge in [-0.3, -0.25) is 9.79 Å². The Balaban J connectivity index is 2.42. The molecule has 0 bridgehead atoms. The Morgan fingerprint density at radius 1 is 1.11 bits per heavy atom. The lowest BCUT2D eigenvalue weighted by Gasteiger charge is -1.97. The van der Waals surface area contributed by atoms with Gasteiger partial charge in [-0.1, -0.05) is 18.2 Å². The van der Waals surface area contributed by atoms with Crippen LogP contribution in [0.15, 0.2) is 65.8 Å². The molecule has 0 unspecified atom stereocenters. The molecule has 1 aromatic carbocycles. The van der Waals surface area contributed by atoms with Gasteiger partial charge in [-0.15, -0.1) is 0 Å². The number of carbonyl (C=O) groups excluding carboxylic acids is 1. The Morgan fingerprint density at radius 3 is 2.42 bits per heavy atom. The van der Waals surface area contributed by atoms with Gasteiger partial charge in [-0.2, -0.15) is 0 Å². The summed E-state index contributed by atoms with van der Waals surface area (Å²) in [5.41, 5.74) is 1.01. The molecule has 0 fully saturated rings. The van der Waals surface area contributed by atoms with Crippen molar-refractivity contribution in [3.8, 4) is 5.75 Å². The zero-order valence-corrected chi connectivity index (χ0v) is 11.1. The van der Waals surface area contributed by atoms with E-state index in [1.807, 2.05) is 30.3 Å². The number of methoxy groups -OCH3 is 1. The average molecular weight is 255 g/mol. The molecule has 0 saturated carbocycles. The third-order valence-corrected chi connectivity index (χ3v) is 2.18. The number of allylic oxidation sites excluding steroid dienone is 5. The summed E-state index contributed by atoms with van der Waals surface area (Å²) in [6, 6.07) is 7.64. The van der Waals surface area contributed by atoms with E-state index in [1.165, 1.54) is 13.0 Å². The highest BCUT2D eigenvalue weighted by atomic mass is 16.5. The summed E-state index contributed by atoms with van der Waals surface area (Å²) >= 11 is 0. The summed E-state index contributed by atoms with van der Waals surface area (Å²) in [6.45, 7) is 1.51. The van der Waals surface area contributed by atoms with Gasteiger partial charge in [0.05, 0.1) is 7.11 Å². The smallest absolute Gasteiger partial charge is 0.152 e. The topological polar surface area (TPSA) is 38.7 Å². The van der Waals surface area contributed by atoms with Crippen molar-refractivity contribution in [1.29, 1.82) is 0 Å². The van der Waals surface area contributed by atoms with Crippen LogP contribution >= 0.6 is 0 Å². The fraction of sp³-hybridized carbons (Fsp3) is 0.125. The summed E-state index contributed by atoms with van der Waals surface area (Å²) < 4.78 is 5.07. The highest BCUT2D eigenvalue weighted by Crippen LogP contribution is 2.09. The van der Waals surface area contributed by atoms with Crippen LogP contribution in [0.25, 0.3) is 0 Å². The van der Waals surface area contributed by atoms with E-state index in [9.17, 15) is 4.79 Å². The van der Waals surface area contributed by atoms with Crippen LogP contribution in [0.1, 0.15) is 12.5 Å². The lowest BCUT2D eigenvalue weighted by molar-refractivity contribution is -0.112. The molecular weight excluding hydrogens is 238 g/mol. The molecule has 0 amide bonds. The van der Waals surface area contributed by atoms with E-state index in [4.69, 9.17) is 4.74 Å². The fourth-order valence-electron chi connectivity index (χ4n) is 1.24. The summed E-state index contributed by atoms with van der Waals surface area (Å²) in [7, 11) is 1.64. The normalized spacial score (nSPS) is 12.1. The van der Waals surface area contributed by atoms with Crippen LogP contribution in [0.5, 0.6) is 5.75 Å². The van der Waals surface area contributed by atoms with Crippen molar-refractivity contribution in [3.05, 3.63) is 66.4 Å². The summed E-state index contributed by atoms with van der Waals surface area (Å²) in [5, 5.41) is 0. The van der Waals surface area contributed by atoms with Crippen molar-refractivity contribution in [2.24, 2.45) is 4.99 Å². The molecule has 1 rings (SSSR count). The predicted molar refractivity (Wildman–Crippen MR) is 78.7 cm³/mol. The Hall–Kier alpha value is -2.42.